The summed E-state index contributed by atoms with van der Waals surface area (Å²) in [4.78, 5) is 9.27. The summed E-state index contributed by atoms with van der Waals surface area (Å²) in [7, 11) is 0. The predicted octanol–water partition coefficient (Wildman–Crippen LogP) is 0.521. The number of nitrogens with zero attached hydrogens (tertiary/aromatic N) is 1. The van der Waals surface area contributed by atoms with Crippen molar-refractivity contribution < 1.29 is 4.84 Å². The van der Waals surface area contributed by atoms with Crippen LogP contribution in [0, 0.1) is 0 Å². The van der Waals surface area contributed by atoms with Crippen molar-refractivity contribution in [1.29, 1.82) is 0 Å². The standard InChI is InChI=1S/C7H8N2O/c1-2-7-6(8-4-1)3-5-9-10-7/h1-2,4,9H,3,5H2. The topological polar surface area (TPSA) is 34.1 Å². The van der Waals surface area contributed by atoms with Crippen molar-refractivity contribution in [3.63, 3.8) is 0 Å². The summed E-state index contributed by atoms with van der Waals surface area (Å²) >= 11 is 0. The van der Waals surface area contributed by atoms with Crippen LogP contribution in [-0.2, 0) is 6.42 Å². The van der Waals surface area contributed by atoms with Crippen molar-refractivity contribution in [2.45, 2.75) is 6.42 Å². The Kier molecular flexibility index (Phi) is 1.29. The number of rotatable bonds is 0. The van der Waals surface area contributed by atoms with Crippen LogP contribution in [0.5, 0.6) is 5.75 Å². The molecule has 0 amide bonds. The van der Waals surface area contributed by atoms with Crippen LogP contribution in [0.1, 0.15) is 5.69 Å². The molecule has 0 bridgehead atoms. The van der Waals surface area contributed by atoms with Crippen molar-refractivity contribution in [2.24, 2.45) is 0 Å². The zero-order valence-electron chi connectivity index (χ0n) is 5.50. The Bertz CT molecular complexity index is 212. The van der Waals surface area contributed by atoms with E-state index in [0.29, 0.717) is 0 Å². The Morgan fingerprint density at radius 1 is 1.60 bits per heavy atom. The van der Waals surface area contributed by atoms with E-state index >= 15 is 0 Å². The molecule has 0 aromatic carbocycles. The highest BCUT2D eigenvalue weighted by Gasteiger charge is 2.08. The van der Waals surface area contributed by atoms with Crippen molar-refractivity contribution in [1.82, 2.24) is 10.5 Å². The Hall–Kier alpha value is -1.09. The zero-order chi connectivity index (χ0) is 6.81. The van der Waals surface area contributed by atoms with Crippen LogP contribution in [0.25, 0.3) is 0 Å². The highest BCUT2D eigenvalue weighted by Crippen LogP contribution is 2.16. The van der Waals surface area contributed by atoms with E-state index in [4.69, 9.17) is 4.84 Å². The fourth-order valence-corrected chi connectivity index (χ4v) is 1.00. The molecule has 0 saturated heterocycles. The van der Waals surface area contributed by atoms with Crippen molar-refractivity contribution >= 4 is 0 Å². The molecule has 2 rings (SSSR count). The molecule has 0 atom stereocenters. The van der Waals surface area contributed by atoms with Crippen molar-refractivity contribution in [3.05, 3.63) is 24.0 Å². The molecule has 0 unspecified atom stereocenters. The van der Waals surface area contributed by atoms with Crippen LogP contribution >= 0.6 is 0 Å². The van der Waals surface area contributed by atoms with Gasteiger partial charge < -0.3 is 4.84 Å². The SMILES string of the molecule is c1cnc2c(c1)ONCC2. The second-order valence-electron chi connectivity index (χ2n) is 2.19. The van der Waals surface area contributed by atoms with Crippen molar-refractivity contribution in [3.8, 4) is 5.75 Å². The number of hydroxylamine groups is 1. The lowest BCUT2D eigenvalue weighted by atomic mass is 10.2. The molecule has 0 radical (unpaired) electrons. The van der Waals surface area contributed by atoms with E-state index in [-0.39, 0.29) is 0 Å². The molecule has 3 nitrogen and oxygen atoms in total. The van der Waals surface area contributed by atoms with Gasteiger partial charge in [0.1, 0.15) is 0 Å². The fourth-order valence-electron chi connectivity index (χ4n) is 1.00. The van der Waals surface area contributed by atoms with E-state index < -0.39 is 0 Å². The highest BCUT2D eigenvalue weighted by molar-refractivity contribution is 5.27. The van der Waals surface area contributed by atoms with Crippen LogP contribution in [0.2, 0.25) is 0 Å². The minimum atomic E-state index is 0.851. The lowest BCUT2D eigenvalue weighted by Gasteiger charge is -2.15. The number of fused-ring (bicyclic) bond motifs is 1. The Morgan fingerprint density at radius 3 is 3.50 bits per heavy atom. The minimum Gasteiger partial charge on any atom is -0.407 e. The number of hydrogen-bond acceptors (Lipinski definition) is 3. The molecular formula is C7H8N2O. The summed E-state index contributed by atoms with van der Waals surface area (Å²) in [5.41, 5.74) is 3.84. The van der Waals surface area contributed by atoms with E-state index in [2.05, 4.69) is 10.5 Å². The molecule has 1 aliphatic heterocycles. The minimum absolute atomic E-state index is 0.851. The van der Waals surface area contributed by atoms with Crippen LogP contribution in [0.15, 0.2) is 18.3 Å². The first-order valence-corrected chi connectivity index (χ1v) is 3.30. The average Bonchev–Trinajstić information content (AvgIpc) is 2.05. The molecule has 1 N–H and O–H groups in total. The summed E-state index contributed by atoms with van der Waals surface area (Å²) < 4.78 is 0. The third-order valence-corrected chi connectivity index (χ3v) is 1.49. The van der Waals surface area contributed by atoms with Gasteiger partial charge in [-0.2, -0.15) is 5.48 Å². The first-order chi connectivity index (χ1) is 4.97. The van der Waals surface area contributed by atoms with Gasteiger partial charge >= 0.3 is 0 Å². The van der Waals surface area contributed by atoms with E-state index in [1.54, 1.807) is 6.20 Å². The van der Waals surface area contributed by atoms with Gasteiger partial charge in [-0.15, -0.1) is 0 Å². The second-order valence-corrected chi connectivity index (χ2v) is 2.19. The van der Waals surface area contributed by atoms with E-state index in [1.807, 2.05) is 12.1 Å². The van der Waals surface area contributed by atoms with Gasteiger partial charge in [0.15, 0.2) is 5.75 Å². The van der Waals surface area contributed by atoms with Gasteiger partial charge in [0.2, 0.25) is 0 Å². The molecule has 0 aliphatic carbocycles. The third kappa shape index (κ3) is 0.844. The molecule has 52 valence electrons. The highest BCUT2D eigenvalue weighted by atomic mass is 16.6. The molecule has 2 heterocycles. The zero-order valence-corrected chi connectivity index (χ0v) is 5.50. The molecule has 1 aromatic heterocycles. The lowest BCUT2D eigenvalue weighted by Crippen LogP contribution is -2.27. The average molecular weight is 136 g/mol. The van der Waals surface area contributed by atoms with Gasteiger partial charge in [0.25, 0.3) is 0 Å². The summed E-state index contributed by atoms with van der Waals surface area (Å²) in [5.74, 6) is 0.855. The monoisotopic (exact) mass is 136 g/mol. The largest absolute Gasteiger partial charge is 0.407 e. The third-order valence-electron chi connectivity index (χ3n) is 1.49. The van der Waals surface area contributed by atoms with Crippen molar-refractivity contribution in [2.75, 3.05) is 6.54 Å². The van der Waals surface area contributed by atoms with Gasteiger partial charge in [0.05, 0.1) is 5.69 Å². The molecule has 0 saturated carbocycles. The maximum atomic E-state index is 5.11. The molecule has 1 aliphatic rings. The fraction of sp³-hybridized carbons (Fsp3) is 0.286. The van der Waals surface area contributed by atoms with Gasteiger partial charge in [-0.3, -0.25) is 4.98 Å². The van der Waals surface area contributed by atoms with Gasteiger partial charge in [-0.25, -0.2) is 0 Å². The van der Waals surface area contributed by atoms with Gasteiger partial charge in [-0.05, 0) is 12.1 Å². The van der Waals surface area contributed by atoms with E-state index in [1.165, 1.54) is 0 Å². The normalized spacial score (nSPS) is 15.6. The predicted molar refractivity (Wildman–Crippen MR) is 36.6 cm³/mol. The summed E-state index contributed by atoms with van der Waals surface area (Å²) in [6.45, 7) is 0.851. The number of nitrogens with one attached hydrogen (secondary N) is 1. The maximum Gasteiger partial charge on any atom is 0.168 e. The lowest BCUT2D eigenvalue weighted by molar-refractivity contribution is 0.177. The molecule has 10 heavy (non-hydrogen) atoms. The number of aromatic nitrogens is 1. The van der Waals surface area contributed by atoms with E-state index in [9.17, 15) is 0 Å². The Morgan fingerprint density at radius 2 is 2.60 bits per heavy atom. The van der Waals surface area contributed by atoms with E-state index in [0.717, 1.165) is 24.4 Å². The summed E-state index contributed by atoms with van der Waals surface area (Å²) in [6, 6.07) is 3.78. The Labute approximate surface area is 59.0 Å². The van der Waals surface area contributed by atoms with Crippen LogP contribution in [-0.4, -0.2) is 11.5 Å². The first-order valence-electron chi connectivity index (χ1n) is 3.30. The molecule has 0 fully saturated rings. The number of pyridine rings is 1. The number of hydrogen-bond donors (Lipinski definition) is 1. The van der Waals surface area contributed by atoms with Crippen LogP contribution in [0.4, 0.5) is 0 Å². The van der Waals surface area contributed by atoms with Crippen LogP contribution in [0.3, 0.4) is 0 Å². The van der Waals surface area contributed by atoms with Gasteiger partial charge in [0, 0.05) is 19.2 Å². The smallest absolute Gasteiger partial charge is 0.168 e. The second kappa shape index (κ2) is 2.27. The molecule has 1 aromatic rings. The van der Waals surface area contributed by atoms with Crippen LogP contribution < -0.4 is 10.3 Å². The maximum absolute atomic E-state index is 5.11. The molecular weight excluding hydrogens is 128 g/mol. The quantitative estimate of drug-likeness (QED) is 0.564. The molecule has 0 spiro atoms. The van der Waals surface area contributed by atoms with Gasteiger partial charge in [-0.1, -0.05) is 0 Å². The Balaban J connectivity index is 2.41. The first kappa shape index (κ1) is 5.68. The summed E-state index contributed by atoms with van der Waals surface area (Å²) in [5, 5.41) is 0. The molecule has 3 heteroatoms. The summed E-state index contributed by atoms with van der Waals surface area (Å²) in [6.07, 6.45) is 2.74.